The first-order valence-electron chi connectivity index (χ1n) is 10.2. The van der Waals surface area contributed by atoms with Gasteiger partial charge in [0, 0.05) is 22.5 Å². The van der Waals surface area contributed by atoms with E-state index in [-0.39, 0.29) is 0 Å². The molecule has 2 rings (SSSR count). The normalized spacial score (nSPS) is 11.4. The van der Waals surface area contributed by atoms with Crippen LogP contribution in [0.25, 0.3) is 5.03 Å². The molecule has 0 bridgehead atoms. The van der Waals surface area contributed by atoms with Crippen molar-refractivity contribution < 1.29 is 13.9 Å². The lowest BCUT2D eigenvalue weighted by molar-refractivity contribution is -0.106. The van der Waals surface area contributed by atoms with E-state index in [1.165, 1.54) is 12.5 Å². The summed E-state index contributed by atoms with van der Waals surface area (Å²) < 4.78 is 18.4. The maximum atomic E-state index is 13.4. The Morgan fingerprint density at radius 3 is 2.30 bits per heavy atom. The third kappa shape index (κ3) is 11.7. The molecule has 0 saturated heterocycles. The van der Waals surface area contributed by atoms with Gasteiger partial charge in [0.25, 0.3) is 0 Å². The number of hydrogen-bond acceptors (Lipinski definition) is 3. The summed E-state index contributed by atoms with van der Waals surface area (Å²) in [5, 5.41) is 0.701. The van der Waals surface area contributed by atoms with Gasteiger partial charge in [-0.2, -0.15) is 0 Å². The fraction of sp³-hybridized carbons (Fsp3) is 0.440. The van der Waals surface area contributed by atoms with Crippen molar-refractivity contribution in [3.05, 3.63) is 65.0 Å². The van der Waals surface area contributed by atoms with Gasteiger partial charge in [0.1, 0.15) is 18.2 Å². The molecule has 0 aliphatic rings. The van der Waals surface area contributed by atoms with Gasteiger partial charge in [0.15, 0.2) is 0 Å². The van der Waals surface area contributed by atoms with Gasteiger partial charge in [-0.1, -0.05) is 48.7 Å². The number of benzene rings is 1. The number of aryl methyl sites for hydroxylation is 3. The van der Waals surface area contributed by atoms with Crippen LogP contribution in [-0.4, -0.2) is 24.6 Å². The Bertz CT molecular complexity index is 760. The molecule has 0 aliphatic carbocycles. The number of ether oxygens (including phenoxy) is 1. The van der Waals surface area contributed by atoms with Gasteiger partial charge in [-0.25, -0.2) is 4.39 Å². The number of aromatic nitrogens is 1. The summed E-state index contributed by atoms with van der Waals surface area (Å²) >= 11 is 6.13. The summed E-state index contributed by atoms with van der Waals surface area (Å²) in [5.41, 5.74) is 4.17. The zero-order chi connectivity index (χ0) is 22.9. The summed E-state index contributed by atoms with van der Waals surface area (Å²) in [5.74, 6) is 0.917. The zero-order valence-corrected chi connectivity index (χ0v) is 19.8. The molecule has 0 aliphatic heterocycles. The number of nitrogens with zero attached hydrogens (tertiary/aromatic N) is 1. The molecule has 30 heavy (non-hydrogen) atoms. The maximum absolute atomic E-state index is 13.4. The van der Waals surface area contributed by atoms with Crippen molar-refractivity contribution in [2.24, 2.45) is 0 Å². The van der Waals surface area contributed by atoms with Gasteiger partial charge in [0.2, 0.25) is 0 Å². The minimum atomic E-state index is -0.711. The SMILES string of the molecule is C/C=C(/Cl)c1cc(CCC(F)CCC)cnc1C.CC=O.COc1ccc(C)cc1. The number of hydrogen-bond donors (Lipinski definition) is 0. The number of aldehydes is 1. The minimum absolute atomic E-state index is 0.561. The van der Waals surface area contributed by atoms with E-state index in [1.807, 2.05) is 63.4 Å². The predicted molar refractivity (Wildman–Crippen MR) is 126 cm³/mol. The highest BCUT2D eigenvalue weighted by Gasteiger charge is 2.08. The second kappa shape index (κ2) is 16.6. The number of alkyl halides is 1. The van der Waals surface area contributed by atoms with Crippen molar-refractivity contribution in [3.8, 4) is 5.75 Å². The van der Waals surface area contributed by atoms with Gasteiger partial charge in [-0.05, 0) is 70.7 Å². The average molecular weight is 436 g/mol. The van der Waals surface area contributed by atoms with Gasteiger partial charge in [-0.3, -0.25) is 4.98 Å². The Labute approximate surface area is 186 Å². The molecule has 2 aromatic rings. The number of carbonyl (C=O) groups is 1. The van der Waals surface area contributed by atoms with Crippen LogP contribution in [0.1, 0.15) is 62.4 Å². The molecule has 1 heterocycles. The van der Waals surface area contributed by atoms with Crippen molar-refractivity contribution in [1.82, 2.24) is 4.98 Å². The highest BCUT2D eigenvalue weighted by Crippen LogP contribution is 2.23. The number of halogens is 2. The van der Waals surface area contributed by atoms with Crippen LogP contribution in [0.2, 0.25) is 0 Å². The van der Waals surface area contributed by atoms with Gasteiger partial charge in [0.05, 0.1) is 7.11 Å². The smallest absolute Gasteiger partial charge is 0.118 e. The van der Waals surface area contributed by atoms with Crippen molar-refractivity contribution in [3.63, 3.8) is 0 Å². The van der Waals surface area contributed by atoms with Gasteiger partial charge >= 0.3 is 0 Å². The molecule has 1 aromatic carbocycles. The number of pyridine rings is 1. The standard InChI is InChI=1S/C15H21ClFN.C8H10O.C2H4O/c1-4-6-13(17)8-7-12-9-14(15(16)5-2)11(3)18-10-12;1-7-3-5-8(9-2)6-4-7;1-2-3/h5,9-10,13H,4,6-8H2,1-3H3;3-6H,1-2H3;2H,1H3/b15-5+;;. The van der Waals surface area contributed by atoms with E-state index < -0.39 is 6.17 Å². The molecule has 5 heteroatoms. The van der Waals surface area contributed by atoms with Crippen LogP contribution in [0.4, 0.5) is 4.39 Å². The van der Waals surface area contributed by atoms with Crippen molar-refractivity contribution in [1.29, 1.82) is 0 Å². The van der Waals surface area contributed by atoms with Crippen LogP contribution in [0.15, 0.2) is 42.6 Å². The van der Waals surface area contributed by atoms with Crippen LogP contribution in [-0.2, 0) is 11.2 Å². The lowest BCUT2D eigenvalue weighted by Crippen LogP contribution is -2.02. The summed E-state index contributed by atoms with van der Waals surface area (Å²) in [4.78, 5) is 13.1. The molecule has 1 atom stereocenters. The van der Waals surface area contributed by atoms with Crippen molar-refractivity contribution in [2.45, 2.75) is 66.5 Å². The van der Waals surface area contributed by atoms with Crippen molar-refractivity contribution >= 4 is 22.9 Å². The first-order valence-corrected chi connectivity index (χ1v) is 10.6. The molecule has 0 spiro atoms. The van der Waals surface area contributed by atoms with Crippen LogP contribution < -0.4 is 4.74 Å². The Kier molecular flexibility index (Phi) is 15.4. The van der Waals surface area contributed by atoms with Crippen molar-refractivity contribution in [2.75, 3.05) is 7.11 Å². The topological polar surface area (TPSA) is 39.2 Å². The van der Waals surface area contributed by atoms with E-state index >= 15 is 0 Å². The van der Waals surface area contributed by atoms with E-state index in [1.54, 1.807) is 7.11 Å². The van der Waals surface area contributed by atoms with Gasteiger partial charge < -0.3 is 9.53 Å². The lowest BCUT2D eigenvalue weighted by Gasteiger charge is -2.09. The lowest BCUT2D eigenvalue weighted by atomic mass is 10.0. The predicted octanol–water partition coefficient (Wildman–Crippen LogP) is 7.27. The fourth-order valence-electron chi connectivity index (χ4n) is 2.57. The first-order chi connectivity index (χ1) is 14.3. The van der Waals surface area contributed by atoms with Crippen LogP contribution in [0.3, 0.4) is 0 Å². The number of allylic oxidation sites excluding steroid dienone is 1. The third-order valence-corrected chi connectivity index (χ3v) is 4.68. The Balaban J connectivity index is 0.000000581. The second-order valence-electron chi connectivity index (χ2n) is 6.79. The van der Waals surface area contributed by atoms with Crippen LogP contribution in [0.5, 0.6) is 5.75 Å². The highest BCUT2D eigenvalue weighted by molar-refractivity contribution is 6.48. The van der Waals surface area contributed by atoms with Crippen LogP contribution >= 0.6 is 11.6 Å². The molecule has 0 amide bonds. The number of methoxy groups -OCH3 is 1. The largest absolute Gasteiger partial charge is 0.497 e. The zero-order valence-electron chi connectivity index (χ0n) is 19.0. The molecule has 3 nitrogen and oxygen atoms in total. The van der Waals surface area contributed by atoms with Gasteiger partial charge in [-0.15, -0.1) is 0 Å². The van der Waals surface area contributed by atoms with E-state index in [0.717, 1.165) is 41.7 Å². The molecule has 166 valence electrons. The summed E-state index contributed by atoms with van der Waals surface area (Å²) in [6.45, 7) is 9.33. The van der Waals surface area contributed by atoms with E-state index in [4.69, 9.17) is 21.1 Å². The summed E-state index contributed by atoms with van der Waals surface area (Å²) in [6, 6.07) is 9.98. The molecule has 0 N–H and O–H groups in total. The minimum Gasteiger partial charge on any atom is -0.497 e. The Hall–Kier alpha value is -2.20. The molecular formula is C25H35ClFNO2. The van der Waals surface area contributed by atoms with E-state index in [9.17, 15) is 4.39 Å². The quantitative estimate of drug-likeness (QED) is 0.429. The highest BCUT2D eigenvalue weighted by atomic mass is 35.5. The Morgan fingerprint density at radius 2 is 1.80 bits per heavy atom. The van der Waals surface area contributed by atoms with Crippen LogP contribution in [0, 0.1) is 13.8 Å². The second-order valence-corrected chi connectivity index (χ2v) is 7.20. The molecule has 0 fully saturated rings. The maximum Gasteiger partial charge on any atom is 0.118 e. The molecular weight excluding hydrogens is 401 g/mol. The first kappa shape index (κ1) is 27.8. The molecule has 1 aromatic heterocycles. The number of rotatable bonds is 7. The Morgan fingerprint density at radius 1 is 1.20 bits per heavy atom. The van der Waals surface area contributed by atoms with E-state index in [0.29, 0.717) is 17.9 Å². The average Bonchev–Trinajstić information content (AvgIpc) is 2.74. The van der Waals surface area contributed by atoms with E-state index in [2.05, 4.69) is 11.9 Å². The summed E-state index contributed by atoms with van der Waals surface area (Å²) in [6.07, 6.45) is 6.52. The monoisotopic (exact) mass is 435 g/mol. The fourth-order valence-corrected chi connectivity index (χ4v) is 2.76. The number of carbonyl (C=O) groups excluding carboxylic acids is 1. The third-order valence-electron chi connectivity index (χ3n) is 4.26. The molecule has 0 radical (unpaired) electrons. The molecule has 0 saturated carbocycles. The molecule has 1 unspecified atom stereocenters. The summed E-state index contributed by atoms with van der Waals surface area (Å²) in [7, 11) is 1.67.